The highest BCUT2D eigenvalue weighted by Crippen LogP contribution is 2.20. The summed E-state index contributed by atoms with van der Waals surface area (Å²) in [5.41, 5.74) is 1.91. The minimum Gasteiger partial charge on any atom is -0.484 e. The van der Waals surface area contributed by atoms with Crippen molar-refractivity contribution in [2.75, 3.05) is 25.0 Å². The molecule has 2 aromatic carbocycles. The van der Waals surface area contributed by atoms with Gasteiger partial charge in [0.15, 0.2) is 6.61 Å². The lowest BCUT2D eigenvalue weighted by atomic mass is 9.95. The van der Waals surface area contributed by atoms with Crippen molar-refractivity contribution in [1.82, 2.24) is 4.90 Å². The standard InChI is InChI=1S/C21H24N2O3/c1-16-6-5-9-19(14-16)26-15-20(24)23-12-10-17(11-13-23)21(25)22-18-7-3-2-4-8-18/h2-9,14,17H,10-13,15H2,1H3,(H,22,25). The summed E-state index contributed by atoms with van der Waals surface area (Å²) in [7, 11) is 0. The molecule has 0 radical (unpaired) electrons. The van der Waals surface area contributed by atoms with Crippen LogP contribution in [0, 0.1) is 12.8 Å². The molecule has 0 spiro atoms. The predicted molar refractivity (Wildman–Crippen MR) is 101 cm³/mol. The highest BCUT2D eigenvalue weighted by molar-refractivity contribution is 5.92. The van der Waals surface area contributed by atoms with Gasteiger partial charge < -0.3 is 15.0 Å². The van der Waals surface area contributed by atoms with Crippen LogP contribution in [0.5, 0.6) is 5.75 Å². The molecule has 1 N–H and O–H groups in total. The average molecular weight is 352 g/mol. The molecule has 0 unspecified atom stereocenters. The van der Waals surface area contributed by atoms with Crippen molar-refractivity contribution in [3.8, 4) is 5.75 Å². The molecule has 3 rings (SSSR count). The molecule has 1 aliphatic rings. The number of nitrogens with one attached hydrogen (secondary N) is 1. The Balaban J connectivity index is 1.44. The number of piperidine rings is 1. The van der Waals surface area contributed by atoms with Crippen LogP contribution in [0.25, 0.3) is 0 Å². The number of benzene rings is 2. The Bertz CT molecular complexity index is 753. The summed E-state index contributed by atoms with van der Waals surface area (Å²) in [4.78, 5) is 26.5. The first kappa shape index (κ1) is 18.0. The van der Waals surface area contributed by atoms with Crippen LogP contribution in [0.15, 0.2) is 54.6 Å². The highest BCUT2D eigenvalue weighted by atomic mass is 16.5. The van der Waals surface area contributed by atoms with Crippen LogP contribution >= 0.6 is 0 Å². The van der Waals surface area contributed by atoms with Gasteiger partial charge in [0.25, 0.3) is 5.91 Å². The summed E-state index contributed by atoms with van der Waals surface area (Å²) >= 11 is 0. The fourth-order valence-electron chi connectivity index (χ4n) is 3.10. The Kier molecular flexibility index (Phi) is 5.89. The van der Waals surface area contributed by atoms with Crippen molar-refractivity contribution in [1.29, 1.82) is 0 Å². The number of para-hydroxylation sites is 1. The smallest absolute Gasteiger partial charge is 0.260 e. The molecule has 1 heterocycles. The van der Waals surface area contributed by atoms with E-state index in [1.807, 2.05) is 61.5 Å². The number of rotatable bonds is 5. The molecule has 1 saturated heterocycles. The quantitative estimate of drug-likeness (QED) is 0.899. The van der Waals surface area contributed by atoms with Crippen LogP contribution in [0.2, 0.25) is 0 Å². The van der Waals surface area contributed by atoms with Gasteiger partial charge in [-0.05, 0) is 49.6 Å². The van der Waals surface area contributed by atoms with E-state index < -0.39 is 0 Å². The minimum atomic E-state index is -0.0584. The number of hydrogen-bond donors (Lipinski definition) is 1. The van der Waals surface area contributed by atoms with E-state index in [0.29, 0.717) is 31.7 Å². The molecule has 0 bridgehead atoms. The molecule has 0 atom stereocenters. The first-order valence-corrected chi connectivity index (χ1v) is 8.95. The molecule has 1 aliphatic heterocycles. The van der Waals surface area contributed by atoms with Crippen molar-refractivity contribution in [3.63, 3.8) is 0 Å². The fourth-order valence-corrected chi connectivity index (χ4v) is 3.10. The molecule has 2 amide bonds. The van der Waals surface area contributed by atoms with Crippen LogP contribution in [-0.2, 0) is 9.59 Å². The Morgan fingerprint density at radius 3 is 2.50 bits per heavy atom. The lowest BCUT2D eigenvalue weighted by Gasteiger charge is -2.31. The SMILES string of the molecule is Cc1cccc(OCC(=O)N2CCC(C(=O)Nc3ccccc3)CC2)c1. The first-order chi connectivity index (χ1) is 12.6. The summed E-state index contributed by atoms with van der Waals surface area (Å²) < 4.78 is 5.58. The van der Waals surface area contributed by atoms with E-state index in [2.05, 4.69) is 5.32 Å². The highest BCUT2D eigenvalue weighted by Gasteiger charge is 2.27. The van der Waals surface area contributed by atoms with Gasteiger partial charge in [0.05, 0.1) is 0 Å². The van der Waals surface area contributed by atoms with Gasteiger partial charge in [0.2, 0.25) is 5.91 Å². The van der Waals surface area contributed by atoms with Gasteiger partial charge in [-0.25, -0.2) is 0 Å². The largest absolute Gasteiger partial charge is 0.484 e. The van der Waals surface area contributed by atoms with E-state index in [4.69, 9.17) is 4.74 Å². The Morgan fingerprint density at radius 1 is 1.08 bits per heavy atom. The van der Waals surface area contributed by atoms with Gasteiger partial charge in [-0.2, -0.15) is 0 Å². The number of aryl methyl sites for hydroxylation is 1. The summed E-state index contributed by atoms with van der Waals surface area (Å²) in [6, 6.07) is 17.1. The van der Waals surface area contributed by atoms with Crippen molar-refractivity contribution in [3.05, 3.63) is 60.2 Å². The Hall–Kier alpha value is -2.82. The molecule has 0 saturated carbocycles. The van der Waals surface area contributed by atoms with Gasteiger partial charge in [0.1, 0.15) is 5.75 Å². The number of anilines is 1. The molecular formula is C21H24N2O3. The van der Waals surface area contributed by atoms with Crippen molar-refractivity contribution in [2.24, 2.45) is 5.92 Å². The lowest BCUT2D eigenvalue weighted by molar-refractivity contribution is -0.136. The normalized spacial score (nSPS) is 14.7. The maximum absolute atomic E-state index is 12.3. The maximum Gasteiger partial charge on any atom is 0.260 e. The zero-order valence-corrected chi connectivity index (χ0v) is 15.0. The molecule has 136 valence electrons. The third-order valence-electron chi connectivity index (χ3n) is 4.61. The summed E-state index contributed by atoms with van der Waals surface area (Å²) in [5.74, 6) is 0.639. The number of amides is 2. The van der Waals surface area contributed by atoms with Crippen LogP contribution in [0.4, 0.5) is 5.69 Å². The first-order valence-electron chi connectivity index (χ1n) is 8.95. The predicted octanol–water partition coefficient (Wildman–Crippen LogP) is 3.25. The van der Waals surface area contributed by atoms with Gasteiger partial charge in [-0.15, -0.1) is 0 Å². The second-order valence-corrected chi connectivity index (χ2v) is 6.62. The topological polar surface area (TPSA) is 58.6 Å². The molecule has 0 aliphatic carbocycles. The van der Waals surface area contributed by atoms with E-state index in [1.54, 1.807) is 4.90 Å². The van der Waals surface area contributed by atoms with Gasteiger partial charge in [0, 0.05) is 24.7 Å². The number of hydrogen-bond acceptors (Lipinski definition) is 3. The summed E-state index contributed by atoms with van der Waals surface area (Å²) in [6.45, 7) is 3.19. The fraction of sp³-hybridized carbons (Fsp3) is 0.333. The molecule has 1 fully saturated rings. The van der Waals surface area contributed by atoms with Gasteiger partial charge in [-0.1, -0.05) is 30.3 Å². The lowest BCUT2D eigenvalue weighted by Crippen LogP contribution is -2.43. The average Bonchev–Trinajstić information content (AvgIpc) is 2.67. The maximum atomic E-state index is 12.3. The van der Waals surface area contributed by atoms with Crippen LogP contribution < -0.4 is 10.1 Å². The summed E-state index contributed by atoms with van der Waals surface area (Å²) in [6.07, 6.45) is 1.35. The van der Waals surface area contributed by atoms with Crippen molar-refractivity contribution < 1.29 is 14.3 Å². The van der Waals surface area contributed by atoms with Crippen molar-refractivity contribution in [2.45, 2.75) is 19.8 Å². The van der Waals surface area contributed by atoms with E-state index in [9.17, 15) is 9.59 Å². The molecule has 0 aromatic heterocycles. The van der Waals surface area contributed by atoms with Crippen LogP contribution in [0.1, 0.15) is 18.4 Å². The second kappa shape index (κ2) is 8.52. The molecule has 26 heavy (non-hydrogen) atoms. The molecule has 2 aromatic rings. The zero-order valence-electron chi connectivity index (χ0n) is 15.0. The third-order valence-corrected chi connectivity index (χ3v) is 4.61. The summed E-state index contributed by atoms with van der Waals surface area (Å²) in [5, 5.41) is 2.94. The van der Waals surface area contributed by atoms with Crippen molar-refractivity contribution >= 4 is 17.5 Å². The Morgan fingerprint density at radius 2 is 1.81 bits per heavy atom. The number of likely N-dealkylation sites (tertiary alicyclic amines) is 1. The number of carbonyl (C=O) groups excluding carboxylic acids is 2. The zero-order chi connectivity index (χ0) is 18.4. The Labute approximate surface area is 154 Å². The number of carbonyl (C=O) groups is 2. The molecule has 5 nitrogen and oxygen atoms in total. The second-order valence-electron chi connectivity index (χ2n) is 6.62. The van der Waals surface area contributed by atoms with E-state index >= 15 is 0 Å². The monoisotopic (exact) mass is 352 g/mol. The third kappa shape index (κ3) is 4.85. The van der Waals surface area contributed by atoms with Gasteiger partial charge >= 0.3 is 0 Å². The minimum absolute atomic E-state index is 0.0271. The molecule has 5 heteroatoms. The van der Waals surface area contributed by atoms with E-state index in [0.717, 1.165) is 11.3 Å². The number of nitrogens with zero attached hydrogens (tertiary/aromatic N) is 1. The van der Waals surface area contributed by atoms with E-state index in [-0.39, 0.29) is 24.3 Å². The number of ether oxygens (including phenoxy) is 1. The van der Waals surface area contributed by atoms with E-state index in [1.165, 1.54) is 0 Å². The van der Waals surface area contributed by atoms with Crippen LogP contribution in [0.3, 0.4) is 0 Å². The molecular weight excluding hydrogens is 328 g/mol. The van der Waals surface area contributed by atoms with Crippen LogP contribution in [-0.4, -0.2) is 36.4 Å². The van der Waals surface area contributed by atoms with Gasteiger partial charge in [-0.3, -0.25) is 9.59 Å².